The van der Waals surface area contributed by atoms with E-state index in [0.717, 1.165) is 49.6 Å². The molecule has 1 aliphatic rings. The molecular formula is C32H48ClF2NO2. The van der Waals surface area contributed by atoms with E-state index < -0.39 is 17.7 Å². The highest BCUT2D eigenvalue weighted by molar-refractivity contribution is 6.30. The average molecular weight is 552 g/mol. The molecule has 0 aromatic heterocycles. The Balaban J connectivity index is 0.000000333. The standard InChI is InChI=1S/C15H22F2.C13H16ClNO2.C4H10/c1-4-6-12(9-11(3)5-2)14-8-7-13(16)10-15(14)17;1-9-6-15(8-16)7-12(17)13(9)10-2-4-11(14)5-3-10;1-4(2)3/h7-8,10-12H,4-6,9H2,1-3H3;2-5,8-9,12-13,17H,6-7H2,1H3;4H,1-3H3. The van der Waals surface area contributed by atoms with E-state index >= 15 is 0 Å². The van der Waals surface area contributed by atoms with Gasteiger partial charge in [-0.2, -0.15) is 0 Å². The first-order valence-corrected chi connectivity index (χ1v) is 14.4. The highest BCUT2D eigenvalue weighted by Gasteiger charge is 2.33. The molecule has 5 atom stereocenters. The van der Waals surface area contributed by atoms with Gasteiger partial charge in [0.25, 0.3) is 0 Å². The van der Waals surface area contributed by atoms with Gasteiger partial charge in [-0.3, -0.25) is 4.79 Å². The molecule has 0 saturated carbocycles. The van der Waals surface area contributed by atoms with Gasteiger partial charge in [-0.1, -0.05) is 91.1 Å². The first-order chi connectivity index (χ1) is 17.9. The van der Waals surface area contributed by atoms with Crippen LogP contribution in [0.1, 0.15) is 97.1 Å². The predicted octanol–water partition coefficient (Wildman–Crippen LogP) is 8.84. The van der Waals surface area contributed by atoms with Gasteiger partial charge in [0.15, 0.2) is 0 Å². The summed E-state index contributed by atoms with van der Waals surface area (Å²) in [5.74, 6) is 1.05. The van der Waals surface area contributed by atoms with Gasteiger partial charge in [0.1, 0.15) is 11.6 Å². The van der Waals surface area contributed by atoms with Gasteiger partial charge < -0.3 is 10.0 Å². The summed E-state index contributed by atoms with van der Waals surface area (Å²) in [6, 6.07) is 11.5. The molecule has 1 amide bonds. The van der Waals surface area contributed by atoms with Crippen molar-refractivity contribution in [1.29, 1.82) is 0 Å². The largest absolute Gasteiger partial charge is 0.391 e. The van der Waals surface area contributed by atoms with E-state index in [1.807, 2.05) is 24.3 Å². The van der Waals surface area contributed by atoms with Crippen LogP contribution in [0.5, 0.6) is 0 Å². The third-order valence-corrected chi connectivity index (χ3v) is 7.05. The lowest BCUT2D eigenvalue weighted by atomic mass is 9.80. The maximum absolute atomic E-state index is 13.7. The van der Waals surface area contributed by atoms with Gasteiger partial charge in [0.2, 0.25) is 6.41 Å². The normalized spacial score (nSPS) is 20.5. The maximum atomic E-state index is 13.7. The minimum Gasteiger partial charge on any atom is -0.391 e. The van der Waals surface area contributed by atoms with Crippen molar-refractivity contribution in [3.05, 3.63) is 70.2 Å². The number of carbonyl (C=O) groups excluding carboxylic acids is 1. The average Bonchev–Trinajstić information content (AvgIpc) is 2.84. The van der Waals surface area contributed by atoms with E-state index in [0.29, 0.717) is 29.6 Å². The molecule has 214 valence electrons. The van der Waals surface area contributed by atoms with Crippen LogP contribution < -0.4 is 0 Å². The molecule has 3 nitrogen and oxygen atoms in total. The molecule has 0 bridgehead atoms. The fourth-order valence-electron chi connectivity index (χ4n) is 4.85. The zero-order valence-corrected chi connectivity index (χ0v) is 25.0. The van der Waals surface area contributed by atoms with Gasteiger partial charge >= 0.3 is 0 Å². The monoisotopic (exact) mass is 551 g/mol. The predicted molar refractivity (Wildman–Crippen MR) is 156 cm³/mol. The molecule has 5 unspecified atom stereocenters. The van der Waals surface area contributed by atoms with Crippen LogP contribution in [0.4, 0.5) is 8.78 Å². The van der Waals surface area contributed by atoms with Gasteiger partial charge in [0.05, 0.1) is 6.10 Å². The molecule has 0 spiro atoms. The number of carbonyl (C=O) groups is 1. The first kappa shape index (κ1) is 34.0. The smallest absolute Gasteiger partial charge is 0.209 e. The fraction of sp³-hybridized carbons (Fsp3) is 0.594. The van der Waals surface area contributed by atoms with Gasteiger partial charge in [-0.25, -0.2) is 8.78 Å². The number of nitrogens with zero attached hydrogens (tertiary/aromatic N) is 1. The summed E-state index contributed by atoms with van der Waals surface area (Å²) in [6.45, 7) is 16.1. The summed E-state index contributed by atoms with van der Waals surface area (Å²) in [7, 11) is 0. The van der Waals surface area contributed by atoms with E-state index in [-0.39, 0.29) is 17.8 Å². The number of aliphatic hydroxyl groups is 1. The molecule has 0 radical (unpaired) electrons. The number of hydrogen-bond donors (Lipinski definition) is 1. The van der Waals surface area contributed by atoms with Crippen LogP contribution >= 0.6 is 11.6 Å². The molecule has 0 aliphatic carbocycles. The van der Waals surface area contributed by atoms with Crippen LogP contribution in [0.25, 0.3) is 0 Å². The van der Waals surface area contributed by atoms with E-state index in [1.54, 1.807) is 11.0 Å². The van der Waals surface area contributed by atoms with Crippen LogP contribution in [0.2, 0.25) is 5.02 Å². The van der Waals surface area contributed by atoms with Crippen molar-refractivity contribution in [3.63, 3.8) is 0 Å². The SMILES string of the molecule is CC(C)C.CC1CN(C=O)CC(O)C1c1ccc(Cl)cc1.CCCC(CC(C)CC)c1ccc(F)cc1F. The number of piperidine rings is 1. The molecule has 1 heterocycles. The molecule has 6 heteroatoms. The van der Waals surface area contributed by atoms with E-state index in [4.69, 9.17) is 11.6 Å². The zero-order chi connectivity index (χ0) is 28.8. The van der Waals surface area contributed by atoms with Gasteiger partial charge in [-0.05, 0) is 65.8 Å². The summed E-state index contributed by atoms with van der Waals surface area (Å²) in [5.41, 5.74) is 1.76. The van der Waals surface area contributed by atoms with Crippen molar-refractivity contribution >= 4 is 18.0 Å². The van der Waals surface area contributed by atoms with Crippen LogP contribution in [0.15, 0.2) is 42.5 Å². The van der Waals surface area contributed by atoms with Crippen LogP contribution in [0.3, 0.4) is 0 Å². The highest BCUT2D eigenvalue weighted by Crippen LogP contribution is 2.33. The third-order valence-electron chi connectivity index (χ3n) is 6.80. The van der Waals surface area contributed by atoms with Crippen molar-refractivity contribution < 1.29 is 18.7 Å². The minimum atomic E-state index is -0.509. The summed E-state index contributed by atoms with van der Waals surface area (Å²) >= 11 is 5.85. The Morgan fingerprint density at radius 3 is 2.13 bits per heavy atom. The number of hydrogen-bond acceptors (Lipinski definition) is 2. The molecule has 1 saturated heterocycles. The zero-order valence-electron chi connectivity index (χ0n) is 24.3. The Bertz CT molecular complexity index is 923. The summed E-state index contributed by atoms with van der Waals surface area (Å²) in [6.07, 6.45) is 4.36. The summed E-state index contributed by atoms with van der Waals surface area (Å²) in [5, 5.41) is 10.8. The molecule has 2 aromatic carbocycles. The molecule has 3 rings (SSSR count). The second kappa shape index (κ2) is 17.6. The van der Waals surface area contributed by atoms with Gasteiger partial charge in [0, 0.05) is 30.1 Å². The second-order valence-electron chi connectivity index (χ2n) is 11.3. The molecule has 1 aliphatic heterocycles. The lowest BCUT2D eigenvalue weighted by molar-refractivity contribution is -0.122. The molecule has 38 heavy (non-hydrogen) atoms. The molecular weight excluding hydrogens is 504 g/mol. The quantitative estimate of drug-likeness (QED) is 0.333. The van der Waals surface area contributed by atoms with Crippen molar-refractivity contribution in [2.24, 2.45) is 17.8 Å². The van der Waals surface area contributed by atoms with E-state index in [9.17, 15) is 18.7 Å². The first-order valence-electron chi connectivity index (χ1n) is 14.0. The number of halogens is 3. The highest BCUT2D eigenvalue weighted by atomic mass is 35.5. The van der Waals surface area contributed by atoms with Gasteiger partial charge in [-0.15, -0.1) is 0 Å². The minimum absolute atomic E-state index is 0.0727. The van der Waals surface area contributed by atoms with Crippen LogP contribution in [-0.4, -0.2) is 35.6 Å². The molecule has 2 aromatic rings. The van der Waals surface area contributed by atoms with Crippen LogP contribution in [-0.2, 0) is 4.79 Å². The number of benzene rings is 2. The van der Waals surface area contributed by atoms with Crippen molar-refractivity contribution in [2.75, 3.05) is 13.1 Å². The lowest BCUT2D eigenvalue weighted by Crippen LogP contribution is -2.46. The number of β-amino-alcohol motifs (C(OH)–C–C–N with tert-alkyl or cyclic N) is 1. The lowest BCUT2D eigenvalue weighted by Gasteiger charge is -2.39. The van der Waals surface area contributed by atoms with E-state index in [2.05, 4.69) is 48.5 Å². The number of rotatable bonds is 8. The Morgan fingerprint density at radius 1 is 1.05 bits per heavy atom. The summed E-state index contributed by atoms with van der Waals surface area (Å²) < 4.78 is 26.6. The van der Waals surface area contributed by atoms with Crippen LogP contribution in [0, 0.1) is 29.4 Å². The fourth-order valence-corrected chi connectivity index (χ4v) is 4.97. The third kappa shape index (κ3) is 11.8. The Labute approximate surface area is 234 Å². The Hall–Kier alpha value is -1.98. The number of aliphatic hydroxyl groups excluding tert-OH is 1. The van der Waals surface area contributed by atoms with Crippen molar-refractivity contribution in [2.45, 2.75) is 92.1 Å². The molecule has 1 N–H and O–H groups in total. The van der Waals surface area contributed by atoms with E-state index in [1.165, 1.54) is 6.07 Å². The summed E-state index contributed by atoms with van der Waals surface area (Å²) in [4.78, 5) is 12.4. The second-order valence-corrected chi connectivity index (χ2v) is 11.8. The Morgan fingerprint density at radius 2 is 1.66 bits per heavy atom. The molecule has 1 fully saturated rings. The number of amides is 1. The van der Waals surface area contributed by atoms with Crippen molar-refractivity contribution in [1.82, 2.24) is 4.90 Å². The van der Waals surface area contributed by atoms with Crippen molar-refractivity contribution in [3.8, 4) is 0 Å². The maximum Gasteiger partial charge on any atom is 0.209 e. The number of likely N-dealkylation sites (tertiary alicyclic amines) is 1. The topological polar surface area (TPSA) is 40.5 Å². The Kier molecular flexibility index (Phi) is 15.7.